The van der Waals surface area contributed by atoms with Crippen molar-refractivity contribution in [2.24, 2.45) is 0 Å². The van der Waals surface area contributed by atoms with Crippen molar-refractivity contribution in [2.75, 3.05) is 25.2 Å². The van der Waals surface area contributed by atoms with Gasteiger partial charge in [0.05, 0.1) is 11.2 Å². The Hall–Kier alpha value is -2.14. The van der Waals surface area contributed by atoms with Crippen molar-refractivity contribution in [1.29, 1.82) is 0 Å². The number of carboxylic acid groups (broad SMARTS) is 1. The van der Waals surface area contributed by atoms with E-state index in [-0.39, 0.29) is 5.56 Å². The SMILES string of the molecule is CN(c1c(C(=O)O)cnc2ccccc12)C1CCOCC1. The average Bonchev–Trinajstić information content (AvgIpc) is 2.53. The molecule has 1 aromatic heterocycles. The van der Waals surface area contributed by atoms with Crippen LogP contribution in [0.5, 0.6) is 0 Å². The summed E-state index contributed by atoms with van der Waals surface area (Å²) in [5, 5.41) is 10.4. The Balaban J connectivity index is 2.13. The molecule has 1 aliphatic heterocycles. The van der Waals surface area contributed by atoms with E-state index in [2.05, 4.69) is 9.88 Å². The summed E-state index contributed by atoms with van der Waals surface area (Å²) in [7, 11) is 1.96. The van der Waals surface area contributed by atoms with Gasteiger partial charge in [-0.2, -0.15) is 0 Å². The molecular weight excluding hydrogens is 268 g/mol. The number of ether oxygens (including phenoxy) is 1. The van der Waals surface area contributed by atoms with Gasteiger partial charge in [-0.25, -0.2) is 4.79 Å². The number of hydrogen-bond donors (Lipinski definition) is 1. The molecular formula is C16H18N2O3. The first-order valence-electron chi connectivity index (χ1n) is 7.10. The zero-order valence-electron chi connectivity index (χ0n) is 12.0. The number of aromatic carboxylic acids is 1. The smallest absolute Gasteiger partial charge is 0.339 e. The minimum atomic E-state index is -0.942. The van der Waals surface area contributed by atoms with Crippen LogP contribution in [0, 0.1) is 0 Å². The number of pyridine rings is 1. The molecule has 0 spiro atoms. The first-order chi connectivity index (χ1) is 10.2. The van der Waals surface area contributed by atoms with Crippen LogP contribution in [0.4, 0.5) is 5.69 Å². The average molecular weight is 286 g/mol. The minimum Gasteiger partial charge on any atom is -0.478 e. The monoisotopic (exact) mass is 286 g/mol. The maximum absolute atomic E-state index is 11.6. The van der Waals surface area contributed by atoms with Crippen molar-refractivity contribution in [2.45, 2.75) is 18.9 Å². The van der Waals surface area contributed by atoms with Gasteiger partial charge < -0.3 is 14.7 Å². The van der Waals surface area contributed by atoms with Crippen molar-refractivity contribution in [1.82, 2.24) is 4.98 Å². The van der Waals surface area contributed by atoms with Crippen molar-refractivity contribution in [3.05, 3.63) is 36.0 Å². The fourth-order valence-corrected chi connectivity index (χ4v) is 2.92. The van der Waals surface area contributed by atoms with Crippen molar-refractivity contribution < 1.29 is 14.6 Å². The van der Waals surface area contributed by atoms with E-state index in [9.17, 15) is 9.90 Å². The second-order valence-electron chi connectivity index (χ2n) is 5.30. The number of aromatic nitrogens is 1. The lowest BCUT2D eigenvalue weighted by atomic mass is 10.0. The van der Waals surface area contributed by atoms with Crippen LogP contribution in [0.25, 0.3) is 10.9 Å². The Morgan fingerprint density at radius 1 is 1.33 bits per heavy atom. The molecule has 1 N–H and O–H groups in total. The van der Waals surface area contributed by atoms with E-state index in [1.54, 1.807) is 0 Å². The summed E-state index contributed by atoms with van der Waals surface area (Å²) in [6, 6.07) is 7.95. The quantitative estimate of drug-likeness (QED) is 0.939. The fraction of sp³-hybridized carbons (Fsp3) is 0.375. The Bertz CT molecular complexity index is 666. The third-order valence-electron chi connectivity index (χ3n) is 4.07. The summed E-state index contributed by atoms with van der Waals surface area (Å²) >= 11 is 0. The number of anilines is 1. The molecule has 3 rings (SSSR count). The molecule has 5 nitrogen and oxygen atoms in total. The summed E-state index contributed by atoms with van der Waals surface area (Å²) < 4.78 is 5.40. The zero-order valence-corrected chi connectivity index (χ0v) is 12.0. The molecule has 5 heteroatoms. The number of para-hydroxylation sites is 1. The molecule has 1 fully saturated rings. The number of benzene rings is 1. The molecule has 0 aliphatic carbocycles. The van der Waals surface area contributed by atoms with Crippen LogP contribution in [-0.4, -0.2) is 42.4 Å². The highest BCUT2D eigenvalue weighted by Crippen LogP contribution is 2.32. The van der Waals surface area contributed by atoms with Crippen LogP contribution in [0.2, 0.25) is 0 Å². The Morgan fingerprint density at radius 2 is 2.05 bits per heavy atom. The van der Waals surface area contributed by atoms with E-state index in [1.807, 2.05) is 31.3 Å². The topological polar surface area (TPSA) is 62.7 Å². The first-order valence-corrected chi connectivity index (χ1v) is 7.10. The summed E-state index contributed by atoms with van der Waals surface area (Å²) in [6.45, 7) is 1.45. The Kier molecular flexibility index (Phi) is 3.75. The van der Waals surface area contributed by atoms with Gasteiger partial charge >= 0.3 is 5.97 Å². The van der Waals surface area contributed by atoms with Gasteiger partial charge in [-0.15, -0.1) is 0 Å². The van der Waals surface area contributed by atoms with Crippen molar-refractivity contribution in [3.63, 3.8) is 0 Å². The van der Waals surface area contributed by atoms with Crippen molar-refractivity contribution in [3.8, 4) is 0 Å². The van der Waals surface area contributed by atoms with Gasteiger partial charge in [-0.1, -0.05) is 18.2 Å². The van der Waals surface area contributed by atoms with Gasteiger partial charge in [0.2, 0.25) is 0 Å². The highest BCUT2D eigenvalue weighted by Gasteiger charge is 2.24. The molecule has 0 saturated carbocycles. The van der Waals surface area contributed by atoms with Crippen LogP contribution in [0.1, 0.15) is 23.2 Å². The molecule has 0 bridgehead atoms. The lowest BCUT2D eigenvalue weighted by Gasteiger charge is -2.34. The number of fused-ring (bicyclic) bond motifs is 1. The predicted molar refractivity (Wildman–Crippen MR) is 80.9 cm³/mol. The van der Waals surface area contributed by atoms with E-state index in [4.69, 9.17) is 4.74 Å². The first kappa shape index (κ1) is 13.8. The maximum atomic E-state index is 11.6. The van der Waals surface area contributed by atoms with Crippen LogP contribution in [-0.2, 0) is 4.74 Å². The van der Waals surface area contributed by atoms with E-state index in [1.165, 1.54) is 6.20 Å². The van der Waals surface area contributed by atoms with Crippen LogP contribution >= 0.6 is 0 Å². The second kappa shape index (κ2) is 5.69. The Morgan fingerprint density at radius 3 is 2.76 bits per heavy atom. The summed E-state index contributed by atoms with van der Waals surface area (Å²) in [5.41, 5.74) is 1.82. The van der Waals surface area contributed by atoms with E-state index in [0.717, 1.165) is 42.6 Å². The number of carbonyl (C=O) groups is 1. The van der Waals surface area contributed by atoms with E-state index >= 15 is 0 Å². The number of nitrogens with zero attached hydrogens (tertiary/aromatic N) is 2. The molecule has 1 aliphatic rings. The molecule has 0 radical (unpaired) electrons. The van der Waals surface area contributed by atoms with Gasteiger partial charge in [-0.05, 0) is 18.9 Å². The third kappa shape index (κ3) is 2.56. The van der Waals surface area contributed by atoms with Gasteiger partial charge in [0, 0.05) is 37.9 Å². The summed E-state index contributed by atoms with van der Waals surface area (Å²) in [6.07, 6.45) is 3.27. The predicted octanol–water partition coefficient (Wildman–Crippen LogP) is 2.55. The Labute approximate surface area is 123 Å². The van der Waals surface area contributed by atoms with Crippen LogP contribution < -0.4 is 4.90 Å². The highest BCUT2D eigenvalue weighted by molar-refractivity contribution is 6.04. The molecule has 21 heavy (non-hydrogen) atoms. The zero-order chi connectivity index (χ0) is 14.8. The lowest BCUT2D eigenvalue weighted by Crippen LogP contribution is -2.37. The van der Waals surface area contributed by atoms with E-state index in [0.29, 0.717) is 6.04 Å². The number of hydrogen-bond acceptors (Lipinski definition) is 4. The molecule has 1 saturated heterocycles. The van der Waals surface area contributed by atoms with E-state index < -0.39 is 5.97 Å². The standard InChI is InChI=1S/C16H18N2O3/c1-18(11-6-8-21-9-7-11)15-12-4-2-3-5-14(12)17-10-13(15)16(19)20/h2-5,10-11H,6-9H2,1H3,(H,19,20). The molecule has 0 amide bonds. The molecule has 110 valence electrons. The molecule has 0 atom stereocenters. The van der Waals surface area contributed by atoms with Crippen LogP contribution in [0.15, 0.2) is 30.5 Å². The molecule has 2 aromatic rings. The maximum Gasteiger partial charge on any atom is 0.339 e. The lowest BCUT2D eigenvalue weighted by molar-refractivity contribution is 0.0696. The van der Waals surface area contributed by atoms with Crippen LogP contribution in [0.3, 0.4) is 0 Å². The van der Waals surface area contributed by atoms with Crippen molar-refractivity contribution >= 4 is 22.6 Å². The highest BCUT2D eigenvalue weighted by atomic mass is 16.5. The summed E-state index contributed by atoms with van der Waals surface area (Å²) in [5.74, 6) is -0.942. The molecule has 1 aromatic carbocycles. The number of rotatable bonds is 3. The van der Waals surface area contributed by atoms with Gasteiger partial charge in [-0.3, -0.25) is 4.98 Å². The second-order valence-corrected chi connectivity index (χ2v) is 5.30. The minimum absolute atomic E-state index is 0.252. The largest absolute Gasteiger partial charge is 0.478 e. The van der Waals surface area contributed by atoms with Gasteiger partial charge in [0.25, 0.3) is 0 Å². The number of carboxylic acids is 1. The normalized spacial score (nSPS) is 16.0. The van der Waals surface area contributed by atoms with Gasteiger partial charge in [0.1, 0.15) is 5.56 Å². The third-order valence-corrected chi connectivity index (χ3v) is 4.07. The van der Waals surface area contributed by atoms with Gasteiger partial charge in [0.15, 0.2) is 0 Å². The summed E-state index contributed by atoms with van der Waals surface area (Å²) in [4.78, 5) is 17.9. The molecule has 0 unspecified atom stereocenters. The fourth-order valence-electron chi connectivity index (χ4n) is 2.92. The molecule has 2 heterocycles.